The Bertz CT molecular complexity index is 5930. The predicted molar refractivity (Wildman–Crippen MR) is 425 cm³/mol. The molecule has 12 aromatic carbocycles. The van der Waals surface area contributed by atoms with Gasteiger partial charge in [-0.15, -0.1) is 0 Å². The van der Waals surface area contributed by atoms with E-state index in [1.54, 1.807) is 0 Å². The molecule has 3 nitrogen and oxygen atoms in total. The van der Waals surface area contributed by atoms with Crippen LogP contribution in [0.4, 0.5) is 0 Å². The summed E-state index contributed by atoms with van der Waals surface area (Å²) in [4.78, 5) is 5.40. The molecule has 0 unspecified atom stereocenters. The number of benzene rings is 12. The number of nitrogens with zero attached hydrogens (tertiary/aromatic N) is 3. The van der Waals surface area contributed by atoms with Crippen molar-refractivity contribution in [3.63, 3.8) is 0 Å². The van der Waals surface area contributed by atoms with Crippen molar-refractivity contribution in [1.29, 1.82) is 0 Å². The van der Waals surface area contributed by atoms with Gasteiger partial charge in [-0.25, -0.2) is 0 Å². The first-order chi connectivity index (χ1) is 47.3. The summed E-state index contributed by atoms with van der Waals surface area (Å²) in [5.74, 6) is 0. The van der Waals surface area contributed by atoms with E-state index in [1.165, 1.54) is 182 Å². The van der Waals surface area contributed by atoms with E-state index in [1.807, 2.05) is 0 Å². The zero-order valence-electron chi connectivity index (χ0n) is 60.0. The molecular weight excluding hydrogens is 1190 g/mol. The van der Waals surface area contributed by atoms with Crippen LogP contribution in [0.15, 0.2) is 219 Å². The van der Waals surface area contributed by atoms with Gasteiger partial charge in [-0.3, -0.25) is 4.98 Å². The highest BCUT2D eigenvalue weighted by molar-refractivity contribution is 7.00. The van der Waals surface area contributed by atoms with Crippen LogP contribution in [-0.4, -0.2) is 20.8 Å². The molecule has 99 heavy (non-hydrogen) atoms. The first kappa shape index (κ1) is 60.4. The van der Waals surface area contributed by atoms with E-state index in [9.17, 15) is 0 Å². The lowest BCUT2D eigenvalue weighted by atomic mass is 9.34. The van der Waals surface area contributed by atoms with Crippen LogP contribution in [-0.2, 0) is 32.5 Å². The van der Waals surface area contributed by atoms with E-state index < -0.39 is 0 Å². The number of fused-ring (bicyclic) bond motifs is 19. The number of aromatic nitrogens is 3. The van der Waals surface area contributed by atoms with Crippen molar-refractivity contribution in [2.75, 3.05) is 0 Å². The summed E-state index contributed by atoms with van der Waals surface area (Å²) in [6.45, 7) is 33.8. The lowest BCUT2D eigenvalue weighted by Gasteiger charge is -2.42. The lowest BCUT2D eigenvalue weighted by molar-refractivity contribution is 0.332. The molecule has 3 aromatic heterocycles. The average Bonchev–Trinajstić information content (AvgIpc) is 1.55. The molecule has 0 saturated carbocycles. The minimum atomic E-state index is -0.150. The number of rotatable bonds is 5. The summed E-state index contributed by atoms with van der Waals surface area (Å²) in [7, 11) is 0. The topological polar surface area (TPSA) is 22.8 Å². The number of hydrogen-bond donors (Lipinski definition) is 0. The summed E-state index contributed by atoms with van der Waals surface area (Å²) in [6, 6.07) is 81.6. The standard InChI is InChI=1S/C95H86BN3/c1-90(2,3)60-34-38-80-69(50-60)70-51-61(91(4,5)6)52-79-88(70)98(80)82-48-59(84-72(56-32-36-74-76(45-56)94(11,12)42-40-92(74,7)8)53-97-54-73(84)57-33-37-75-77(46-57)95(13,14)43-41-93(75,9)10)49-83-87(82)96(79)78-47-58(63-27-19-18-26-62(63)55-24-16-15-17-25-55)44-71-86-81(99(83)89(71)78)39-35-68-66-30-21-20-28-64(66)65-29-22-23-31-67(65)85(68)86/h15-39,44-54H,40-43H2,1-14H3. The largest absolute Gasteiger partial charge is 0.310 e. The fraction of sp³-hybridized carbons (Fsp3) is 0.253. The van der Waals surface area contributed by atoms with Crippen molar-refractivity contribution in [1.82, 2.24) is 14.1 Å². The monoisotopic (exact) mass is 1280 g/mol. The van der Waals surface area contributed by atoms with Crippen LogP contribution in [0.3, 0.4) is 0 Å². The van der Waals surface area contributed by atoms with Crippen molar-refractivity contribution in [2.24, 2.45) is 0 Å². The van der Waals surface area contributed by atoms with Gasteiger partial charge in [0.25, 0.3) is 6.71 Å². The third kappa shape index (κ3) is 8.66. The van der Waals surface area contributed by atoms with Crippen molar-refractivity contribution in [2.45, 2.75) is 155 Å². The van der Waals surface area contributed by atoms with Gasteiger partial charge in [0.2, 0.25) is 0 Å². The second kappa shape index (κ2) is 20.4. The Hall–Kier alpha value is -9.77. The van der Waals surface area contributed by atoms with Gasteiger partial charge in [0.15, 0.2) is 0 Å². The zero-order chi connectivity index (χ0) is 67.9. The Labute approximate surface area is 583 Å². The van der Waals surface area contributed by atoms with E-state index in [0.29, 0.717) is 0 Å². The van der Waals surface area contributed by atoms with Crippen LogP contribution in [0.25, 0.3) is 143 Å². The molecule has 0 atom stereocenters. The maximum atomic E-state index is 5.40. The molecule has 15 aromatic rings. The van der Waals surface area contributed by atoms with Crippen molar-refractivity contribution in [3.05, 3.63) is 252 Å². The van der Waals surface area contributed by atoms with Crippen LogP contribution < -0.4 is 16.4 Å². The Morgan fingerprint density at radius 2 is 0.808 bits per heavy atom. The summed E-state index contributed by atoms with van der Waals surface area (Å²) < 4.78 is 5.48. The lowest BCUT2D eigenvalue weighted by Crippen LogP contribution is -2.59. The average molecular weight is 1280 g/mol. The van der Waals surface area contributed by atoms with Gasteiger partial charge in [0, 0.05) is 78.4 Å². The fourth-order valence-electron chi connectivity index (χ4n) is 19.1. The van der Waals surface area contributed by atoms with Gasteiger partial charge in [-0.2, -0.15) is 0 Å². The Balaban J connectivity index is 1.02. The third-order valence-corrected chi connectivity index (χ3v) is 24.8. The fourth-order valence-corrected chi connectivity index (χ4v) is 19.1. The van der Waals surface area contributed by atoms with Crippen LogP contribution in [0.5, 0.6) is 0 Å². The first-order valence-electron chi connectivity index (χ1n) is 36.4. The minimum Gasteiger partial charge on any atom is -0.310 e. The van der Waals surface area contributed by atoms with E-state index in [4.69, 9.17) is 4.98 Å². The second-order valence-corrected chi connectivity index (χ2v) is 34.7. The number of hydrogen-bond acceptors (Lipinski definition) is 1. The van der Waals surface area contributed by atoms with Crippen LogP contribution >= 0.6 is 0 Å². The molecule has 2 aliphatic heterocycles. The van der Waals surface area contributed by atoms with Gasteiger partial charge in [0.1, 0.15) is 0 Å². The van der Waals surface area contributed by atoms with E-state index >= 15 is 0 Å². The molecule has 19 rings (SSSR count). The molecule has 0 saturated heterocycles. The highest BCUT2D eigenvalue weighted by atomic mass is 15.0. The van der Waals surface area contributed by atoms with Gasteiger partial charge in [-0.1, -0.05) is 261 Å². The summed E-state index contributed by atoms with van der Waals surface area (Å²) >= 11 is 0. The van der Waals surface area contributed by atoms with Crippen LogP contribution in [0.1, 0.15) is 156 Å². The molecule has 0 radical (unpaired) electrons. The molecule has 4 heteroatoms. The van der Waals surface area contributed by atoms with Crippen molar-refractivity contribution >= 4 is 99.0 Å². The molecule has 4 aliphatic rings. The third-order valence-electron chi connectivity index (χ3n) is 24.8. The second-order valence-electron chi connectivity index (χ2n) is 34.7. The first-order valence-corrected chi connectivity index (χ1v) is 36.4. The van der Waals surface area contributed by atoms with Gasteiger partial charge in [-0.05, 0) is 216 Å². The summed E-state index contributed by atoms with van der Waals surface area (Å²) in [5.41, 5.74) is 32.0. The Morgan fingerprint density at radius 3 is 1.39 bits per heavy atom. The van der Waals surface area contributed by atoms with Crippen LogP contribution in [0.2, 0.25) is 0 Å². The molecule has 0 fully saturated rings. The summed E-state index contributed by atoms with van der Waals surface area (Å²) in [5, 5.41) is 12.9. The van der Waals surface area contributed by atoms with E-state index in [2.05, 4.69) is 325 Å². The quantitative estimate of drug-likeness (QED) is 0.124. The van der Waals surface area contributed by atoms with E-state index in [-0.39, 0.29) is 39.2 Å². The Morgan fingerprint density at radius 1 is 0.333 bits per heavy atom. The van der Waals surface area contributed by atoms with Crippen LogP contribution in [0, 0.1) is 0 Å². The molecular formula is C95H86BN3. The normalized spacial score (nSPS) is 16.3. The molecule has 0 N–H and O–H groups in total. The highest BCUT2D eigenvalue weighted by Crippen LogP contribution is 2.54. The molecule has 0 spiro atoms. The van der Waals surface area contributed by atoms with Crippen molar-refractivity contribution in [3.8, 4) is 67.0 Å². The molecule has 0 bridgehead atoms. The molecule has 0 amide bonds. The molecule has 5 heterocycles. The zero-order valence-corrected chi connectivity index (χ0v) is 60.0. The molecule has 2 aliphatic carbocycles. The summed E-state index contributed by atoms with van der Waals surface area (Å²) in [6.07, 6.45) is 9.00. The predicted octanol–water partition coefficient (Wildman–Crippen LogP) is 23.5. The molecule has 484 valence electrons. The maximum Gasteiger partial charge on any atom is 0.252 e. The van der Waals surface area contributed by atoms with Gasteiger partial charge in [0.05, 0.1) is 11.0 Å². The Kier molecular flexibility index (Phi) is 12.5. The maximum absolute atomic E-state index is 5.40. The highest BCUT2D eigenvalue weighted by Gasteiger charge is 2.45. The van der Waals surface area contributed by atoms with Gasteiger partial charge >= 0.3 is 0 Å². The van der Waals surface area contributed by atoms with Gasteiger partial charge < -0.3 is 9.13 Å². The SMILES string of the molecule is CC(C)(C)c1ccc2c(c1)c1cc(C(C)(C)C)cc3c1n2-c1cc(-c2c(-c4ccc5c(c4)C(C)(C)CCC5(C)C)cncc2-c2ccc4c(c2)C(C)(C)CCC4(C)C)cc2c1B3c1cc(-c3ccccc3-c3ccccc3)cc3c4c5c6ccccc6c6ccccc6c5ccc4n-2c13. The smallest absolute Gasteiger partial charge is 0.252 e. The minimum absolute atomic E-state index is 0.00141. The van der Waals surface area contributed by atoms with Crippen molar-refractivity contribution < 1.29 is 0 Å². The van der Waals surface area contributed by atoms with E-state index in [0.717, 1.165) is 36.8 Å². The number of pyridine rings is 1.